The minimum atomic E-state index is -0.123. The zero-order valence-corrected chi connectivity index (χ0v) is 12.5. The molecule has 4 heteroatoms. The standard InChI is InChI=1S/C17H21N3O/c1-13(2)17(9-8-16(21)19-17)10-14-11-18-20(12-14)15-6-4-3-5-7-15/h3-7,11-13H,8-10H2,1-2H3,(H,19,21). The lowest BCUT2D eigenvalue weighted by Gasteiger charge is -2.33. The second-order valence-corrected chi connectivity index (χ2v) is 6.16. The van der Waals surface area contributed by atoms with Crippen LogP contribution in [0.15, 0.2) is 42.7 Å². The van der Waals surface area contributed by atoms with E-state index in [1.54, 1.807) is 0 Å². The van der Waals surface area contributed by atoms with Gasteiger partial charge >= 0.3 is 0 Å². The number of para-hydroxylation sites is 1. The molecular weight excluding hydrogens is 262 g/mol. The second kappa shape index (κ2) is 5.35. The Bertz CT molecular complexity index is 632. The molecule has 0 radical (unpaired) electrons. The van der Waals surface area contributed by atoms with Crippen molar-refractivity contribution in [3.8, 4) is 5.69 Å². The Kier molecular flexibility index (Phi) is 3.53. The van der Waals surface area contributed by atoms with E-state index in [4.69, 9.17) is 0 Å². The molecule has 21 heavy (non-hydrogen) atoms. The number of carbonyl (C=O) groups is 1. The normalized spacial score (nSPS) is 21.8. The fourth-order valence-electron chi connectivity index (χ4n) is 3.05. The van der Waals surface area contributed by atoms with Gasteiger partial charge in [-0.1, -0.05) is 32.0 Å². The van der Waals surface area contributed by atoms with Crippen LogP contribution in [0.1, 0.15) is 32.3 Å². The van der Waals surface area contributed by atoms with E-state index >= 15 is 0 Å². The number of nitrogens with zero attached hydrogens (tertiary/aromatic N) is 2. The molecule has 1 N–H and O–H groups in total. The molecule has 1 aromatic carbocycles. The van der Waals surface area contributed by atoms with Crippen LogP contribution in [-0.2, 0) is 11.2 Å². The van der Waals surface area contributed by atoms with Crippen LogP contribution in [0.2, 0.25) is 0 Å². The molecule has 1 aliphatic rings. The molecule has 1 fully saturated rings. The highest BCUT2D eigenvalue weighted by Gasteiger charge is 2.40. The predicted octanol–water partition coefficient (Wildman–Crippen LogP) is 2.72. The van der Waals surface area contributed by atoms with Crippen LogP contribution in [0.5, 0.6) is 0 Å². The predicted molar refractivity (Wildman–Crippen MR) is 82.2 cm³/mol. The quantitative estimate of drug-likeness (QED) is 0.938. The number of nitrogens with one attached hydrogen (secondary N) is 1. The Morgan fingerprint density at radius 1 is 1.33 bits per heavy atom. The van der Waals surface area contributed by atoms with E-state index in [0.717, 1.165) is 24.1 Å². The van der Waals surface area contributed by atoms with Crippen molar-refractivity contribution in [1.29, 1.82) is 0 Å². The van der Waals surface area contributed by atoms with Crippen LogP contribution in [0, 0.1) is 5.92 Å². The van der Waals surface area contributed by atoms with Gasteiger partial charge in [-0.2, -0.15) is 5.10 Å². The molecule has 1 aromatic heterocycles. The third kappa shape index (κ3) is 2.71. The average molecular weight is 283 g/mol. The molecule has 1 atom stereocenters. The van der Waals surface area contributed by atoms with Crippen LogP contribution in [0.3, 0.4) is 0 Å². The van der Waals surface area contributed by atoms with E-state index in [9.17, 15) is 4.79 Å². The lowest BCUT2D eigenvalue weighted by molar-refractivity contribution is -0.120. The molecule has 110 valence electrons. The number of benzene rings is 1. The Balaban J connectivity index is 1.82. The van der Waals surface area contributed by atoms with Crippen molar-refractivity contribution in [1.82, 2.24) is 15.1 Å². The van der Waals surface area contributed by atoms with Gasteiger partial charge in [-0.15, -0.1) is 0 Å². The molecule has 3 rings (SSSR count). The summed E-state index contributed by atoms with van der Waals surface area (Å²) in [5.41, 5.74) is 2.09. The van der Waals surface area contributed by atoms with Crippen molar-refractivity contribution in [2.75, 3.05) is 0 Å². The summed E-state index contributed by atoms with van der Waals surface area (Å²) in [6.45, 7) is 4.35. The first-order valence-corrected chi connectivity index (χ1v) is 7.49. The molecule has 1 unspecified atom stereocenters. The maximum atomic E-state index is 11.6. The second-order valence-electron chi connectivity index (χ2n) is 6.16. The van der Waals surface area contributed by atoms with Crippen molar-refractivity contribution in [3.63, 3.8) is 0 Å². The Morgan fingerprint density at radius 2 is 2.10 bits per heavy atom. The molecule has 0 bridgehead atoms. The minimum Gasteiger partial charge on any atom is -0.350 e. The van der Waals surface area contributed by atoms with E-state index in [0.29, 0.717) is 12.3 Å². The molecule has 4 nitrogen and oxygen atoms in total. The summed E-state index contributed by atoms with van der Waals surface area (Å²) in [5, 5.41) is 7.63. The molecule has 2 aromatic rings. The largest absolute Gasteiger partial charge is 0.350 e. The van der Waals surface area contributed by atoms with Crippen molar-refractivity contribution < 1.29 is 4.79 Å². The van der Waals surface area contributed by atoms with Crippen LogP contribution in [-0.4, -0.2) is 21.2 Å². The maximum absolute atomic E-state index is 11.6. The lowest BCUT2D eigenvalue weighted by Crippen LogP contribution is -2.48. The summed E-state index contributed by atoms with van der Waals surface area (Å²) < 4.78 is 1.89. The van der Waals surface area contributed by atoms with Gasteiger partial charge < -0.3 is 5.32 Å². The highest BCUT2D eigenvalue weighted by molar-refractivity contribution is 5.79. The van der Waals surface area contributed by atoms with E-state index in [-0.39, 0.29) is 11.4 Å². The first-order valence-electron chi connectivity index (χ1n) is 7.49. The SMILES string of the molecule is CC(C)C1(Cc2cnn(-c3ccccc3)c2)CCC(=O)N1. The van der Waals surface area contributed by atoms with Crippen LogP contribution in [0.25, 0.3) is 5.69 Å². The summed E-state index contributed by atoms with van der Waals surface area (Å²) in [4.78, 5) is 11.6. The lowest BCUT2D eigenvalue weighted by atomic mass is 9.80. The minimum absolute atomic E-state index is 0.123. The van der Waals surface area contributed by atoms with Gasteiger partial charge in [0.25, 0.3) is 0 Å². The number of hydrogen-bond acceptors (Lipinski definition) is 2. The van der Waals surface area contributed by atoms with E-state index in [2.05, 4.69) is 30.5 Å². The molecule has 2 heterocycles. The highest BCUT2D eigenvalue weighted by Crippen LogP contribution is 2.31. The first-order chi connectivity index (χ1) is 10.1. The molecule has 0 aliphatic carbocycles. The van der Waals surface area contributed by atoms with Gasteiger partial charge in [-0.25, -0.2) is 4.68 Å². The topological polar surface area (TPSA) is 46.9 Å². The van der Waals surface area contributed by atoms with E-state index < -0.39 is 0 Å². The van der Waals surface area contributed by atoms with Gasteiger partial charge in [0.05, 0.1) is 11.9 Å². The summed E-state index contributed by atoms with van der Waals surface area (Å²) >= 11 is 0. The number of carbonyl (C=O) groups excluding carboxylic acids is 1. The summed E-state index contributed by atoms with van der Waals surface area (Å²) in [6.07, 6.45) is 6.33. The Hall–Kier alpha value is -2.10. The van der Waals surface area contributed by atoms with Gasteiger partial charge in [0, 0.05) is 18.2 Å². The van der Waals surface area contributed by atoms with Gasteiger partial charge in [-0.05, 0) is 36.5 Å². The van der Waals surface area contributed by atoms with Crippen molar-refractivity contribution in [2.24, 2.45) is 5.92 Å². The number of hydrogen-bond donors (Lipinski definition) is 1. The zero-order valence-electron chi connectivity index (χ0n) is 12.5. The third-order valence-electron chi connectivity index (χ3n) is 4.47. The third-order valence-corrected chi connectivity index (χ3v) is 4.47. The summed E-state index contributed by atoms with van der Waals surface area (Å²) in [6, 6.07) is 10.1. The van der Waals surface area contributed by atoms with Crippen LogP contribution >= 0.6 is 0 Å². The number of aromatic nitrogens is 2. The fraction of sp³-hybridized carbons (Fsp3) is 0.412. The highest BCUT2D eigenvalue weighted by atomic mass is 16.2. The Morgan fingerprint density at radius 3 is 2.71 bits per heavy atom. The van der Waals surface area contributed by atoms with Crippen molar-refractivity contribution in [2.45, 2.75) is 38.6 Å². The van der Waals surface area contributed by atoms with E-state index in [1.165, 1.54) is 0 Å². The molecule has 0 spiro atoms. The van der Waals surface area contributed by atoms with Gasteiger partial charge in [-0.3, -0.25) is 4.79 Å². The number of rotatable bonds is 4. The van der Waals surface area contributed by atoms with Crippen LogP contribution in [0.4, 0.5) is 0 Å². The fourth-order valence-corrected chi connectivity index (χ4v) is 3.05. The van der Waals surface area contributed by atoms with Crippen molar-refractivity contribution in [3.05, 3.63) is 48.3 Å². The maximum Gasteiger partial charge on any atom is 0.220 e. The average Bonchev–Trinajstić information content (AvgIpc) is 3.08. The van der Waals surface area contributed by atoms with Crippen LogP contribution < -0.4 is 5.32 Å². The Labute approximate surface area is 125 Å². The van der Waals surface area contributed by atoms with E-state index in [1.807, 2.05) is 41.2 Å². The molecular formula is C17H21N3O. The van der Waals surface area contributed by atoms with Gasteiger partial charge in [0.2, 0.25) is 5.91 Å². The monoisotopic (exact) mass is 283 g/mol. The molecule has 1 aliphatic heterocycles. The molecule has 1 amide bonds. The van der Waals surface area contributed by atoms with Crippen molar-refractivity contribution >= 4 is 5.91 Å². The summed E-state index contributed by atoms with van der Waals surface area (Å²) in [5.74, 6) is 0.572. The molecule has 0 saturated carbocycles. The van der Waals surface area contributed by atoms with Gasteiger partial charge in [0.15, 0.2) is 0 Å². The molecule has 1 saturated heterocycles. The summed E-state index contributed by atoms with van der Waals surface area (Å²) in [7, 11) is 0. The number of amides is 1. The first kappa shape index (κ1) is 13.9. The van der Waals surface area contributed by atoms with Gasteiger partial charge in [0.1, 0.15) is 0 Å². The smallest absolute Gasteiger partial charge is 0.220 e. The zero-order chi connectivity index (χ0) is 14.9.